The number of hydrogen-bond acceptors (Lipinski definition) is 7. The van der Waals surface area contributed by atoms with Crippen LogP contribution in [0.2, 0.25) is 5.02 Å². The molecule has 8 nitrogen and oxygen atoms in total. The Morgan fingerprint density at radius 3 is 2.63 bits per heavy atom. The lowest BCUT2D eigenvalue weighted by molar-refractivity contribution is -0.118. The molecular weight excluding hydrogens is 434 g/mol. The zero-order valence-electron chi connectivity index (χ0n) is 15.9. The Morgan fingerprint density at radius 2 is 1.90 bits per heavy atom. The van der Waals surface area contributed by atoms with E-state index in [9.17, 15) is 18.0 Å². The van der Waals surface area contributed by atoms with Gasteiger partial charge in [0, 0.05) is 23.6 Å². The molecule has 0 aliphatic carbocycles. The first kappa shape index (κ1) is 20.2. The summed E-state index contributed by atoms with van der Waals surface area (Å²) in [5.74, 6) is -0.187. The van der Waals surface area contributed by atoms with Crippen molar-refractivity contribution in [1.29, 1.82) is 0 Å². The van der Waals surface area contributed by atoms with Gasteiger partial charge in [0.1, 0.15) is 22.0 Å². The largest absolute Gasteiger partial charge is 0.482 e. The van der Waals surface area contributed by atoms with Crippen molar-refractivity contribution in [3.8, 4) is 11.5 Å². The fraction of sp³-hybridized carbons (Fsp3) is 0.200. The third-order valence-corrected chi connectivity index (χ3v) is 6.23. The molecule has 2 aromatic carbocycles. The van der Waals surface area contributed by atoms with E-state index in [4.69, 9.17) is 24.9 Å². The third kappa shape index (κ3) is 3.73. The zero-order chi connectivity index (χ0) is 21.6. The third-order valence-electron chi connectivity index (χ3n) is 4.51. The lowest BCUT2D eigenvalue weighted by Gasteiger charge is -2.19. The molecule has 0 atom stereocenters. The van der Waals surface area contributed by atoms with Crippen LogP contribution in [-0.2, 0) is 14.9 Å². The molecule has 3 aromatic rings. The van der Waals surface area contributed by atoms with E-state index in [2.05, 4.69) is 5.32 Å². The molecule has 10 heteroatoms. The van der Waals surface area contributed by atoms with Gasteiger partial charge in [-0.05, 0) is 29.7 Å². The summed E-state index contributed by atoms with van der Waals surface area (Å²) >= 11 is 6.11. The fourth-order valence-electron chi connectivity index (χ4n) is 3.14. The van der Waals surface area contributed by atoms with Crippen molar-refractivity contribution in [2.24, 2.45) is 0 Å². The standard InChI is InChI=1S/C20H16ClNO7S/c1-10(2)13-6-20(24)28-16-5-11(3-4-12(13)16)29-30(25,26)18-8-17-15(7-14(18)21)22-19(23)9-27-17/h3-8,10H,9H2,1-2H3,(H,22,23). The smallest absolute Gasteiger partial charge is 0.340 e. The van der Waals surface area contributed by atoms with Crippen molar-refractivity contribution >= 4 is 44.3 Å². The van der Waals surface area contributed by atoms with Crippen molar-refractivity contribution in [2.75, 3.05) is 11.9 Å². The van der Waals surface area contributed by atoms with Gasteiger partial charge in [-0.3, -0.25) is 4.79 Å². The number of anilines is 1. The van der Waals surface area contributed by atoms with Crippen LogP contribution in [0.4, 0.5) is 5.69 Å². The van der Waals surface area contributed by atoms with E-state index in [1.807, 2.05) is 13.8 Å². The Balaban J connectivity index is 1.73. The Bertz CT molecular complexity index is 1350. The van der Waals surface area contributed by atoms with E-state index in [0.717, 1.165) is 5.56 Å². The lowest BCUT2D eigenvalue weighted by atomic mass is 10.00. The number of ether oxygens (including phenoxy) is 1. The Morgan fingerprint density at radius 1 is 1.13 bits per heavy atom. The Kier molecular flexibility index (Phi) is 4.95. The van der Waals surface area contributed by atoms with E-state index < -0.39 is 15.7 Å². The highest BCUT2D eigenvalue weighted by molar-refractivity contribution is 7.87. The molecule has 0 bridgehead atoms. The summed E-state index contributed by atoms with van der Waals surface area (Å²) in [5, 5.41) is 3.08. The van der Waals surface area contributed by atoms with Gasteiger partial charge in [-0.25, -0.2) is 4.79 Å². The van der Waals surface area contributed by atoms with E-state index in [0.29, 0.717) is 5.39 Å². The summed E-state index contributed by atoms with van der Waals surface area (Å²) in [4.78, 5) is 22.9. The summed E-state index contributed by atoms with van der Waals surface area (Å²) in [6, 6.07) is 8.31. The highest BCUT2D eigenvalue weighted by Gasteiger charge is 2.26. The molecular formula is C20H16ClNO7S. The highest BCUT2D eigenvalue weighted by atomic mass is 35.5. The number of halogens is 1. The molecule has 30 heavy (non-hydrogen) atoms. The Labute approximate surface area is 176 Å². The van der Waals surface area contributed by atoms with Crippen LogP contribution in [0.1, 0.15) is 25.3 Å². The number of fused-ring (bicyclic) bond motifs is 2. The van der Waals surface area contributed by atoms with E-state index in [1.165, 1.54) is 30.3 Å². The molecule has 2 heterocycles. The predicted molar refractivity (Wildman–Crippen MR) is 110 cm³/mol. The quantitative estimate of drug-likeness (QED) is 0.477. The van der Waals surface area contributed by atoms with Gasteiger partial charge in [0.15, 0.2) is 6.61 Å². The average Bonchev–Trinajstić information content (AvgIpc) is 2.65. The first-order chi connectivity index (χ1) is 14.1. The minimum atomic E-state index is -4.34. The lowest BCUT2D eigenvalue weighted by Crippen LogP contribution is -2.25. The van der Waals surface area contributed by atoms with Crippen LogP contribution in [-0.4, -0.2) is 20.9 Å². The minimum absolute atomic E-state index is 0.0467. The van der Waals surface area contributed by atoms with Gasteiger partial charge >= 0.3 is 15.7 Å². The first-order valence-corrected chi connectivity index (χ1v) is 10.7. The second kappa shape index (κ2) is 7.33. The number of hydrogen-bond donors (Lipinski definition) is 1. The van der Waals surface area contributed by atoms with Crippen molar-refractivity contribution < 1.29 is 26.5 Å². The van der Waals surface area contributed by atoms with Gasteiger partial charge in [0.05, 0.1) is 10.7 Å². The molecule has 0 radical (unpaired) electrons. The first-order valence-electron chi connectivity index (χ1n) is 8.92. The molecule has 0 unspecified atom stereocenters. The summed E-state index contributed by atoms with van der Waals surface area (Å²) < 4.78 is 41.3. The van der Waals surface area contributed by atoms with Crippen LogP contribution in [0, 0.1) is 0 Å². The van der Waals surface area contributed by atoms with Gasteiger partial charge in [0.25, 0.3) is 5.91 Å². The number of carbonyl (C=O) groups excluding carboxylic acids is 1. The van der Waals surface area contributed by atoms with Crippen LogP contribution >= 0.6 is 11.6 Å². The second-order valence-corrected chi connectivity index (χ2v) is 8.91. The van der Waals surface area contributed by atoms with Crippen LogP contribution in [0.3, 0.4) is 0 Å². The number of amides is 1. The average molecular weight is 450 g/mol. The van der Waals surface area contributed by atoms with Crippen molar-refractivity contribution in [3.05, 3.63) is 57.4 Å². The zero-order valence-corrected chi connectivity index (χ0v) is 17.5. The highest BCUT2D eigenvalue weighted by Crippen LogP contribution is 2.37. The topological polar surface area (TPSA) is 112 Å². The van der Waals surface area contributed by atoms with E-state index >= 15 is 0 Å². The molecule has 4 rings (SSSR count). The molecule has 1 N–H and O–H groups in total. The van der Waals surface area contributed by atoms with E-state index in [1.54, 1.807) is 6.07 Å². The normalized spacial score (nSPS) is 13.7. The monoisotopic (exact) mass is 449 g/mol. The van der Waals surface area contributed by atoms with Gasteiger partial charge in [0.2, 0.25) is 0 Å². The number of nitrogens with one attached hydrogen (secondary N) is 1. The maximum Gasteiger partial charge on any atom is 0.340 e. The molecule has 1 aromatic heterocycles. The molecule has 156 valence electrons. The molecule has 1 aliphatic rings. The number of benzene rings is 2. The van der Waals surface area contributed by atoms with Crippen LogP contribution < -0.4 is 19.9 Å². The van der Waals surface area contributed by atoms with Crippen molar-refractivity contribution in [3.63, 3.8) is 0 Å². The summed E-state index contributed by atoms with van der Waals surface area (Å²) in [6.07, 6.45) is 0. The van der Waals surface area contributed by atoms with Gasteiger partial charge in [-0.1, -0.05) is 25.4 Å². The minimum Gasteiger partial charge on any atom is -0.482 e. The molecule has 0 spiro atoms. The van der Waals surface area contributed by atoms with Gasteiger partial charge < -0.3 is 18.7 Å². The fourth-order valence-corrected chi connectivity index (χ4v) is 4.59. The van der Waals surface area contributed by atoms with Crippen molar-refractivity contribution in [1.82, 2.24) is 0 Å². The van der Waals surface area contributed by atoms with Gasteiger partial charge in [-0.2, -0.15) is 8.42 Å². The van der Waals surface area contributed by atoms with Gasteiger partial charge in [-0.15, -0.1) is 0 Å². The van der Waals surface area contributed by atoms with Crippen molar-refractivity contribution in [2.45, 2.75) is 24.7 Å². The summed E-state index contributed by atoms with van der Waals surface area (Å²) in [6.45, 7) is 3.63. The Hall–Kier alpha value is -3.04. The number of carbonyl (C=O) groups is 1. The van der Waals surface area contributed by atoms with Crippen LogP contribution in [0.15, 0.2) is 50.5 Å². The maximum absolute atomic E-state index is 12.8. The maximum atomic E-state index is 12.8. The molecule has 0 fully saturated rings. The second-order valence-electron chi connectivity index (χ2n) is 6.99. The van der Waals surface area contributed by atoms with E-state index in [-0.39, 0.29) is 51.1 Å². The SMILES string of the molecule is CC(C)c1cc(=O)oc2cc(OS(=O)(=O)c3cc4c(cc3Cl)NC(=O)CO4)ccc12. The number of rotatable bonds is 4. The molecule has 1 aliphatic heterocycles. The summed E-state index contributed by atoms with van der Waals surface area (Å²) in [7, 11) is -4.34. The predicted octanol–water partition coefficient (Wildman–Crippen LogP) is 3.67. The summed E-state index contributed by atoms with van der Waals surface area (Å²) in [5.41, 5.74) is 0.723. The van der Waals surface area contributed by atoms with Crippen LogP contribution in [0.25, 0.3) is 11.0 Å². The molecule has 0 saturated heterocycles. The molecule has 0 saturated carbocycles. The van der Waals surface area contributed by atoms with Crippen LogP contribution in [0.5, 0.6) is 11.5 Å². The molecule has 1 amide bonds.